The van der Waals surface area contributed by atoms with E-state index in [0.717, 1.165) is 24.5 Å². The van der Waals surface area contributed by atoms with Gasteiger partial charge < -0.3 is 14.4 Å². The van der Waals surface area contributed by atoms with Gasteiger partial charge in [-0.05, 0) is 27.8 Å². The van der Waals surface area contributed by atoms with Gasteiger partial charge in [-0.3, -0.25) is 0 Å². The Labute approximate surface area is 130 Å². The maximum Gasteiger partial charge on any atom is 0.231 e. The summed E-state index contributed by atoms with van der Waals surface area (Å²) in [6.07, 6.45) is 1.04. The summed E-state index contributed by atoms with van der Waals surface area (Å²) in [5.41, 5.74) is 1.34. The lowest BCUT2D eigenvalue weighted by Gasteiger charge is -2.13. The Hall–Kier alpha value is -2.26. The average molecular weight is 294 g/mol. The Balaban J connectivity index is 2.02. The van der Waals surface area contributed by atoms with E-state index in [1.807, 2.05) is 0 Å². The number of hydrogen-bond donors (Lipinski definition) is 1. The van der Waals surface area contributed by atoms with Gasteiger partial charge in [0.1, 0.15) is 0 Å². The molecule has 0 amide bonds. The Morgan fingerprint density at radius 3 is 2.73 bits per heavy atom. The van der Waals surface area contributed by atoms with Crippen molar-refractivity contribution in [3.63, 3.8) is 0 Å². The topological polar surface area (TPSA) is 22.9 Å². The fraction of sp³-hybridized carbons (Fsp3) is 0.263. The molecular weight excluding hydrogens is 274 g/mol. The van der Waals surface area contributed by atoms with Gasteiger partial charge in [0, 0.05) is 11.8 Å². The van der Waals surface area contributed by atoms with Gasteiger partial charge in [0.15, 0.2) is 11.5 Å². The largest absolute Gasteiger partial charge is 0.454 e. The molecule has 3 aromatic carbocycles. The summed E-state index contributed by atoms with van der Waals surface area (Å²) >= 11 is 0. The van der Waals surface area contributed by atoms with Crippen molar-refractivity contribution in [2.24, 2.45) is 0 Å². The molecule has 0 saturated heterocycles. The smallest absolute Gasteiger partial charge is 0.231 e. The lowest BCUT2D eigenvalue weighted by atomic mass is 9.95. The summed E-state index contributed by atoms with van der Waals surface area (Å²) in [6, 6.07) is 15.0. The molecule has 0 unspecified atom stereocenters. The Morgan fingerprint density at radius 1 is 1.00 bits per heavy atom. The molecule has 1 N–H and O–H groups in total. The van der Waals surface area contributed by atoms with Crippen LogP contribution >= 0.6 is 0 Å². The van der Waals surface area contributed by atoms with Crippen molar-refractivity contribution in [3.05, 3.63) is 48.0 Å². The van der Waals surface area contributed by atoms with Crippen LogP contribution in [-0.2, 0) is 6.42 Å². The molecule has 22 heavy (non-hydrogen) atoms. The molecule has 3 heteroatoms. The van der Waals surface area contributed by atoms with E-state index >= 15 is 0 Å². The van der Waals surface area contributed by atoms with E-state index in [1.165, 1.54) is 32.0 Å². The minimum absolute atomic E-state index is 0.316. The van der Waals surface area contributed by atoms with Crippen molar-refractivity contribution < 1.29 is 14.4 Å². The first kappa shape index (κ1) is 13.4. The third-order valence-electron chi connectivity index (χ3n) is 4.34. The maximum absolute atomic E-state index is 5.77. The number of benzene rings is 3. The van der Waals surface area contributed by atoms with Crippen LogP contribution in [0.15, 0.2) is 42.5 Å². The number of fused-ring (bicyclic) bond motifs is 5. The molecule has 0 aromatic heterocycles. The van der Waals surface area contributed by atoms with Crippen LogP contribution < -0.4 is 14.4 Å². The van der Waals surface area contributed by atoms with Crippen LogP contribution in [0.5, 0.6) is 11.5 Å². The number of nitrogens with one attached hydrogen (secondary N) is 1. The summed E-state index contributed by atoms with van der Waals surface area (Å²) in [6.45, 7) is 1.41. The predicted molar refractivity (Wildman–Crippen MR) is 89.0 cm³/mol. The zero-order valence-electron chi connectivity index (χ0n) is 13.0. The van der Waals surface area contributed by atoms with Gasteiger partial charge in [0.25, 0.3) is 0 Å². The van der Waals surface area contributed by atoms with E-state index in [-0.39, 0.29) is 0 Å². The van der Waals surface area contributed by atoms with E-state index in [0.29, 0.717) is 6.79 Å². The second-order valence-corrected chi connectivity index (χ2v) is 6.19. The van der Waals surface area contributed by atoms with Crippen LogP contribution in [-0.4, -0.2) is 27.4 Å². The first-order valence-corrected chi connectivity index (χ1v) is 7.76. The highest BCUT2D eigenvalue weighted by Gasteiger charge is 2.21. The highest BCUT2D eigenvalue weighted by Crippen LogP contribution is 2.44. The molecule has 0 radical (unpaired) electrons. The predicted octanol–water partition coefficient (Wildman–Crippen LogP) is 2.41. The van der Waals surface area contributed by atoms with Crippen molar-refractivity contribution >= 4 is 21.5 Å². The van der Waals surface area contributed by atoms with Crippen molar-refractivity contribution in [1.29, 1.82) is 0 Å². The normalized spacial score (nSPS) is 13.4. The molecule has 0 saturated carbocycles. The van der Waals surface area contributed by atoms with Gasteiger partial charge in [-0.15, -0.1) is 0 Å². The van der Waals surface area contributed by atoms with Crippen LogP contribution in [0.3, 0.4) is 0 Å². The summed E-state index contributed by atoms with van der Waals surface area (Å²) in [4.78, 5) is 1.45. The van der Waals surface area contributed by atoms with Crippen LogP contribution in [0.25, 0.3) is 21.5 Å². The highest BCUT2D eigenvalue weighted by atomic mass is 16.7. The minimum Gasteiger partial charge on any atom is -0.454 e. The molecule has 1 aliphatic rings. The van der Waals surface area contributed by atoms with Crippen LogP contribution in [0, 0.1) is 0 Å². The maximum atomic E-state index is 5.77. The number of likely N-dealkylation sites (N-methyl/N-ethyl adjacent to an activating group) is 1. The second-order valence-electron chi connectivity index (χ2n) is 6.19. The first-order valence-electron chi connectivity index (χ1n) is 7.76. The first-order chi connectivity index (χ1) is 10.7. The number of rotatable bonds is 3. The van der Waals surface area contributed by atoms with Crippen molar-refractivity contribution in [3.8, 4) is 11.5 Å². The third kappa shape index (κ3) is 2.09. The van der Waals surface area contributed by atoms with Gasteiger partial charge in [-0.25, -0.2) is 0 Å². The summed E-state index contributed by atoms with van der Waals surface area (Å²) < 4.78 is 11.4. The molecule has 0 bridgehead atoms. The lowest BCUT2D eigenvalue weighted by molar-refractivity contribution is -0.858. The van der Waals surface area contributed by atoms with Crippen LogP contribution in [0.1, 0.15) is 5.56 Å². The number of ether oxygens (including phenoxy) is 2. The minimum atomic E-state index is 0.316. The monoisotopic (exact) mass is 294 g/mol. The number of hydrogen-bond acceptors (Lipinski definition) is 2. The van der Waals surface area contributed by atoms with Gasteiger partial charge in [-0.2, -0.15) is 0 Å². The molecule has 1 aliphatic heterocycles. The quantitative estimate of drug-likeness (QED) is 0.750. The van der Waals surface area contributed by atoms with Crippen molar-refractivity contribution in [2.45, 2.75) is 6.42 Å². The summed E-state index contributed by atoms with van der Waals surface area (Å²) in [7, 11) is 4.37. The fourth-order valence-electron chi connectivity index (χ4n) is 3.20. The SMILES string of the molecule is C[NH+](C)CCc1cc2c(c3c1ccc1ccccc13)OCO2. The molecule has 0 aliphatic carbocycles. The Kier molecular flexibility index (Phi) is 3.16. The molecule has 3 aromatic rings. The van der Waals surface area contributed by atoms with Crippen LogP contribution in [0.2, 0.25) is 0 Å². The summed E-state index contributed by atoms with van der Waals surface area (Å²) in [5.74, 6) is 1.78. The molecule has 112 valence electrons. The third-order valence-corrected chi connectivity index (χ3v) is 4.34. The molecule has 0 spiro atoms. The highest BCUT2D eigenvalue weighted by molar-refractivity contribution is 6.12. The van der Waals surface area contributed by atoms with E-state index in [2.05, 4.69) is 56.6 Å². The van der Waals surface area contributed by atoms with Crippen molar-refractivity contribution in [2.75, 3.05) is 27.4 Å². The molecule has 0 fully saturated rings. The van der Waals surface area contributed by atoms with E-state index in [9.17, 15) is 0 Å². The van der Waals surface area contributed by atoms with E-state index in [1.54, 1.807) is 0 Å². The Bertz CT molecular complexity index is 855. The van der Waals surface area contributed by atoms with E-state index < -0.39 is 0 Å². The molecule has 4 rings (SSSR count). The molecular formula is C19H20NO2+. The van der Waals surface area contributed by atoms with Crippen LogP contribution in [0.4, 0.5) is 0 Å². The van der Waals surface area contributed by atoms with Gasteiger partial charge in [-0.1, -0.05) is 36.4 Å². The summed E-state index contributed by atoms with van der Waals surface area (Å²) in [5, 5.41) is 4.95. The Morgan fingerprint density at radius 2 is 1.86 bits per heavy atom. The van der Waals surface area contributed by atoms with Crippen molar-refractivity contribution in [1.82, 2.24) is 0 Å². The van der Waals surface area contributed by atoms with E-state index in [4.69, 9.17) is 9.47 Å². The molecule has 3 nitrogen and oxygen atoms in total. The zero-order chi connectivity index (χ0) is 15.1. The second kappa shape index (κ2) is 5.18. The average Bonchev–Trinajstić information content (AvgIpc) is 3.00. The van der Waals surface area contributed by atoms with Gasteiger partial charge in [0.05, 0.1) is 20.6 Å². The lowest BCUT2D eigenvalue weighted by Crippen LogP contribution is -3.05. The zero-order valence-corrected chi connectivity index (χ0v) is 13.0. The standard InChI is InChI=1S/C19H19NO2/c1-20(2)10-9-14-11-17-19(22-12-21-17)18-15-6-4-3-5-13(15)7-8-16(14)18/h3-8,11H,9-10,12H2,1-2H3/p+1. The molecule has 0 atom stereocenters. The number of quaternary nitrogens is 1. The van der Waals surface area contributed by atoms with Gasteiger partial charge in [0.2, 0.25) is 6.79 Å². The fourth-order valence-corrected chi connectivity index (χ4v) is 3.20. The molecule has 1 heterocycles. The van der Waals surface area contributed by atoms with Gasteiger partial charge >= 0.3 is 0 Å².